The third-order valence-corrected chi connectivity index (χ3v) is 5.69. The standard InChI is InChI=1S/C18H25N7OSi/c1-27(2,3)26-18(9-4-5-10-18)15-8-6-7-13(21-15)11-19-17-20-12-14-16(22-17)24-25-23-14/h6-8,12H,4-5,9-11H2,1-3H3,(H2,19,20,22,23,24,25). The number of fused-ring (bicyclic) bond motifs is 1. The highest BCUT2D eigenvalue weighted by molar-refractivity contribution is 6.69. The van der Waals surface area contributed by atoms with Gasteiger partial charge in [0.15, 0.2) is 8.32 Å². The van der Waals surface area contributed by atoms with Crippen molar-refractivity contribution in [3.63, 3.8) is 0 Å². The second-order valence-electron chi connectivity index (χ2n) is 8.01. The molecule has 1 fully saturated rings. The van der Waals surface area contributed by atoms with Gasteiger partial charge >= 0.3 is 0 Å². The first kappa shape index (κ1) is 18.0. The number of aromatic nitrogens is 6. The van der Waals surface area contributed by atoms with Crippen LogP contribution in [0.15, 0.2) is 24.4 Å². The molecule has 0 amide bonds. The van der Waals surface area contributed by atoms with Crippen LogP contribution >= 0.6 is 0 Å². The maximum Gasteiger partial charge on any atom is 0.225 e. The van der Waals surface area contributed by atoms with Crippen LogP contribution < -0.4 is 5.32 Å². The van der Waals surface area contributed by atoms with Crippen molar-refractivity contribution in [3.05, 3.63) is 35.8 Å². The summed E-state index contributed by atoms with van der Waals surface area (Å²) in [5.74, 6) is 0.512. The summed E-state index contributed by atoms with van der Waals surface area (Å²) in [5, 5.41) is 13.7. The number of pyridine rings is 1. The van der Waals surface area contributed by atoms with Gasteiger partial charge in [-0.05, 0) is 44.6 Å². The lowest BCUT2D eigenvalue weighted by Crippen LogP contribution is -2.39. The van der Waals surface area contributed by atoms with Crippen molar-refractivity contribution in [2.45, 2.75) is 57.5 Å². The van der Waals surface area contributed by atoms with Gasteiger partial charge in [0.1, 0.15) is 5.52 Å². The van der Waals surface area contributed by atoms with Crippen LogP contribution in [0.2, 0.25) is 19.6 Å². The fourth-order valence-corrected chi connectivity index (χ4v) is 5.16. The van der Waals surface area contributed by atoms with Crippen LogP contribution in [0.3, 0.4) is 0 Å². The van der Waals surface area contributed by atoms with E-state index in [9.17, 15) is 0 Å². The van der Waals surface area contributed by atoms with Gasteiger partial charge in [-0.3, -0.25) is 4.98 Å². The van der Waals surface area contributed by atoms with Gasteiger partial charge < -0.3 is 9.74 Å². The molecule has 3 heterocycles. The number of H-pyrrole nitrogens is 1. The molecule has 1 saturated carbocycles. The van der Waals surface area contributed by atoms with E-state index in [4.69, 9.17) is 9.41 Å². The molecule has 1 aliphatic rings. The first-order valence-electron chi connectivity index (χ1n) is 9.38. The molecule has 9 heteroatoms. The van der Waals surface area contributed by atoms with Crippen molar-refractivity contribution in [1.82, 2.24) is 30.4 Å². The molecule has 4 rings (SSSR count). The van der Waals surface area contributed by atoms with Gasteiger partial charge in [-0.15, -0.1) is 5.10 Å². The van der Waals surface area contributed by atoms with Gasteiger partial charge in [-0.2, -0.15) is 15.3 Å². The Balaban J connectivity index is 1.52. The SMILES string of the molecule is C[Si](C)(C)OC1(c2cccc(CNc3ncc4n[nH]nc4n3)n2)CCCC1. The summed E-state index contributed by atoms with van der Waals surface area (Å²) in [7, 11) is -1.68. The van der Waals surface area contributed by atoms with Crippen LogP contribution in [0.1, 0.15) is 37.1 Å². The molecule has 1 aliphatic carbocycles. The molecule has 0 saturated heterocycles. The van der Waals surface area contributed by atoms with Crippen LogP contribution in [0.4, 0.5) is 5.95 Å². The van der Waals surface area contributed by atoms with E-state index in [2.05, 4.69) is 62.5 Å². The molecule has 27 heavy (non-hydrogen) atoms. The van der Waals surface area contributed by atoms with Crippen molar-refractivity contribution in [2.75, 3.05) is 5.32 Å². The summed E-state index contributed by atoms with van der Waals surface area (Å²) in [6, 6.07) is 6.18. The number of aromatic amines is 1. The molecule has 3 aromatic heterocycles. The van der Waals surface area contributed by atoms with E-state index >= 15 is 0 Å². The lowest BCUT2D eigenvalue weighted by molar-refractivity contribution is 0.0606. The normalized spacial score (nSPS) is 16.7. The Bertz CT molecular complexity index is 931. The van der Waals surface area contributed by atoms with E-state index in [1.807, 2.05) is 6.07 Å². The van der Waals surface area contributed by atoms with Crippen LogP contribution in [-0.2, 0) is 16.6 Å². The highest BCUT2D eigenvalue weighted by atomic mass is 28.4. The molecule has 0 unspecified atom stereocenters. The Hall–Kier alpha value is -2.39. The summed E-state index contributed by atoms with van der Waals surface area (Å²) < 4.78 is 6.64. The second-order valence-corrected chi connectivity index (χ2v) is 12.4. The molecule has 142 valence electrons. The van der Waals surface area contributed by atoms with E-state index in [1.54, 1.807) is 6.20 Å². The van der Waals surface area contributed by atoms with Crippen molar-refractivity contribution in [1.29, 1.82) is 0 Å². The summed E-state index contributed by atoms with van der Waals surface area (Å²) in [5.41, 5.74) is 2.96. The maximum atomic E-state index is 6.64. The topological polar surface area (TPSA) is 102 Å². The largest absolute Gasteiger partial charge is 0.407 e. The molecule has 2 N–H and O–H groups in total. The zero-order valence-corrected chi connectivity index (χ0v) is 17.0. The lowest BCUT2D eigenvalue weighted by atomic mass is 9.97. The summed E-state index contributed by atoms with van der Waals surface area (Å²) in [4.78, 5) is 13.5. The monoisotopic (exact) mass is 383 g/mol. The number of hydrogen-bond acceptors (Lipinski definition) is 7. The predicted molar refractivity (Wildman–Crippen MR) is 106 cm³/mol. The maximum absolute atomic E-state index is 6.64. The molecule has 0 bridgehead atoms. The zero-order valence-electron chi connectivity index (χ0n) is 16.0. The zero-order chi connectivity index (χ0) is 18.9. The second kappa shape index (κ2) is 6.97. The Morgan fingerprint density at radius 3 is 2.74 bits per heavy atom. The van der Waals surface area contributed by atoms with Gasteiger partial charge in [0.2, 0.25) is 11.6 Å². The van der Waals surface area contributed by atoms with Crippen LogP contribution in [0.5, 0.6) is 0 Å². The number of nitrogens with zero attached hydrogens (tertiary/aromatic N) is 5. The molecular formula is C18H25N7OSi. The molecule has 8 nitrogen and oxygen atoms in total. The fourth-order valence-electron chi connectivity index (χ4n) is 3.68. The van der Waals surface area contributed by atoms with Crippen LogP contribution in [0, 0.1) is 0 Å². The third kappa shape index (κ3) is 3.98. The smallest absolute Gasteiger partial charge is 0.225 e. The quantitative estimate of drug-likeness (QED) is 0.629. The van der Waals surface area contributed by atoms with E-state index in [0.717, 1.165) is 24.2 Å². The highest BCUT2D eigenvalue weighted by Crippen LogP contribution is 2.43. The molecule has 0 aromatic carbocycles. The van der Waals surface area contributed by atoms with Gasteiger partial charge in [0.05, 0.1) is 29.7 Å². The van der Waals surface area contributed by atoms with E-state index in [-0.39, 0.29) is 5.60 Å². The summed E-state index contributed by atoms with van der Waals surface area (Å²) in [6.07, 6.45) is 6.13. The van der Waals surface area contributed by atoms with Gasteiger partial charge in [-0.25, -0.2) is 4.98 Å². The first-order valence-corrected chi connectivity index (χ1v) is 12.8. The number of anilines is 1. The number of nitrogens with one attached hydrogen (secondary N) is 2. The average molecular weight is 384 g/mol. The molecule has 0 radical (unpaired) electrons. The molecule has 0 spiro atoms. The van der Waals surface area contributed by atoms with Crippen molar-refractivity contribution in [3.8, 4) is 0 Å². The molecule has 0 atom stereocenters. The van der Waals surface area contributed by atoms with Gasteiger partial charge in [-0.1, -0.05) is 18.9 Å². The minimum atomic E-state index is -1.68. The Morgan fingerprint density at radius 1 is 1.15 bits per heavy atom. The van der Waals surface area contributed by atoms with Gasteiger partial charge in [0, 0.05) is 0 Å². The number of hydrogen-bond donors (Lipinski definition) is 2. The third-order valence-electron chi connectivity index (χ3n) is 4.69. The highest BCUT2D eigenvalue weighted by Gasteiger charge is 2.41. The Morgan fingerprint density at radius 2 is 1.96 bits per heavy atom. The minimum absolute atomic E-state index is 0.226. The summed E-state index contributed by atoms with van der Waals surface area (Å²) >= 11 is 0. The summed E-state index contributed by atoms with van der Waals surface area (Å²) in [6.45, 7) is 7.28. The van der Waals surface area contributed by atoms with Crippen molar-refractivity contribution >= 4 is 25.4 Å². The van der Waals surface area contributed by atoms with Crippen molar-refractivity contribution < 1.29 is 4.43 Å². The molecule has 3 aromatic rings. The van der Waals surface area contributed by atoms with E-state index in [1.165, 1.54) is 12.8 Å². The minimum Gasteiger partial charge on any atom is -0.407 e. The van der Waals surface area contributed by atoms with Crippen LogP contribution in [0.25, 0.3) is 11.2 Å². The van der Waals surface area contributed by atoms with E-state index < -0.39 is 8.32 Å². The van der Waals surface area contributed by atoms with Crippen LogP contribution in [-0.4, -0.2) is 38.7 Å². The predicted octanol–water partition coefficient (Wildman–Crippen LogP) is 3.38. The Kier molecular flexibility index (Phi) is 4.64. The van der Waals surface area contributed by atoms with Gasteiger partial charge in [0.25, 0.3) is 0 Å². The van der Waals surface area contributed by atoms with Crippen molar-refractivity contribution in [2.24, 2.45) is 0 Å². The fraction of sp³-hybridized carbons (Fsp3) is 0.500. The number of rotatable bonds is 6. The average Bonchev–Trinajstić information content (AvgIpc) is 3.28. The first-order chi connectivity index (χ1) is 12.9. The Labute approximate surface area is 159 Å². The lowest BCUT2D eigenvalue weighted by Gasteiger charge is -2.36. The molecule has 0 aliphatic heterocycles. The van der Waals surface area contributed by atoms with E-state index in [0.29, 0.717) is 23.7 Å². The molecular weight excluding hydrogens is 358 g/mol.